The van der Waals surface area contributed by atoms with Gasteiger partial charge in [-0.15, -0.1) is 0 Å². The molecule has 4 rings (SSSR count). The van der Waals surface area contributed by atoms with Crippen LogP contribution in [0.1, 0.15) is 44.4 Å². The number of anilines is 1. The van der Waals surface area contributed by atoms with Crippen molar-refractivity contribution in [2.75, 3.05) is 18.0 Å². The quantitative estimate of drug-likeness (QED) is 0.270. The maximum Gasteiger partial charge on any atom is 0.210 e. The Morgan fingerprint density at radius 3 is 2.26 bits per heavy atom. The summed E-state index contributed by atoms with van der Waals surface area (Å²) in [5.74, 6) is -0.193. The lowest BCUT2D eigenvalue weighted by atomic mass is 9.81. The van der Waals surface area contributed by atoms with E-state index >= 15 is 0 Å². The highest BCUT2D eigenvalue weighted by atomic mass is 127. The van der Waals surface area contributed by atoms with Gasteiger partial charge in [-0.2, -0.15) is 4.58 Å². The summed E-state index contributed by atoms with van der Waals surface area (Å²) in [5.41, 5.74) is 6.46. The summed E-state index contributed by atoms with van der Waals surface area (Å²) in [6.45, 7) is 11.3. The predicted octanol–water partition coefficient (Wildman–Crippen LogP) is 4.73. The second-order valence-corrected chi connectivity index (χ2v) is 9.86. The fraction of sp³-hybridized carbons (Fsp3) is 0.276. The first-order valence-electron chi connectivity index (χ1n) is 11.6. The van der Waals surface area contributed by atoms with Gasteiger partial charge in [0.05, 0.1) is 11.0 Å². The molecular formula is C29H31BrFIN2. The number of nitrogens with zero attached hydrogens (tertiary/aromatic N) is 2. The van der Waals surface area contributed by atoms with Gasteiger partial charge in [0.2, 0.25) is 5.69 Å². The fourth-order valence-corrected chi connectivity index (χ4v) is 5.02. The highest BCUT2D eigenvalue weighted by Gasteiger charge is 2.44. The smallest absolute Gasteiger partial charge is 0.210 e. The third-order valence-electron chi connectivity index (χ3n) is 6.60. The van der Waals surface area contributed by atoms with Crippen LogP contribution >= 0.6 is 15.9 Å². The topological polar surface area (TPSA) is 6.25 Å². The van der Waals surface area contributed by atoms with Crippen molar-refractivity contribution in [3.05, 3.63) is 99.8 Å². The van der Waals surface area contributed by atoms with Crippen LogP contribution < -0.4 is 28.9 Å². The molecule has 3 aromatic carbocycles. The molecule has 0 atom stereocenters. The number of allylic oxidation sites excluding steroid dienone is 1. The average Bonchev–Trinajstić information content (AvgIpc) is 3.02. The van der Waals surface area contributed by atoms with Crippen LogP contribution in [-0.4, -0.2) is 23.4 Å². The molecule has 178 valence electrons. The summed E-state index contributed by atoms with van der Waals surface area (Å²) in [5, 5.41) is 0. The molecule has 0 saturated heterocycles. The Hall–Kier alpha value is -1.99. The zero-order chi connectivity index (χ0) is 23.6. The van der Waals surface area contributed by atoms with Gasteiger partial charge in [0.25, 0.3) is 0 Å². The van der Waals surface area contributed by atoms with E-state index in [-0.39, 0.29) is 35.2 Å². The molecule has 0 spiro atoms. The largest absolute Gasteiger partial charge is 1.00 e. The van der Waals surface area contributed by atoms with Crippen molar-refractivity contribution in [3.8, 4) is 0 Å². The van der Waals surface area contributed by atoms with Crippen molar-refractivity contribution in [2.24, 2.45) is 0 Å². The van der Waals surface area contributed by atoms with Crippen LogP contribution in [0.4, 0.5) is 15.8 Å². The van der Waals surface area contributed by atoms with Crippen molar-refractivity contribution in [1.82, 2.24) is 0 Å². The second-order valence-electron chi connectivity index (χ2n) is 8.95. The summed E-state index contributed by atoms with van der Waals surface area (Å²) < 4.78 is 17.7. The SMILES string of the molecule is CCN(CC)c1ccc(/C=C/C2=[N+](Cc3ccc(Br)cc3F)c3ccccc3C2(C)C)cc1.[I-]. The molecular weight excluding hydrogens is 602 g/mol. The van der Waals surface area contributed by atoms with Crippen molar-refractivity contribution in [2.45, 2.75) is 39.7 Å². The molecule has 1 aliphatic rings. The number of hydrogen-bond donors (Lipinski definition) is 0. The van der Waals surface area contributed by atoms with E-state index in [0.717, 1.165) is 28.8 Å². The summed E-state index contributed by atoms with van der Waals surface area (Å²) in [7, 11) is 0. The summed E-state index contributed by atoms with van der Waals surface area (Å²) in [6, 6.07) is 22.4. The van der Waals surface area contributed by atoms with Crippen LogP contribution in [0.3, 0.4) is 0 Å². The first-order chi connectivity index (χ1) is 15.8. The summed E-state index contributed by atoms with van der Waals surface area (Å²) >= 11 is 3.37. The first-order valence-corrected chi connectivity index (χ1v) is 12.4. The van der Waals surface area contributed by atoms with Gasteiger partial charge >= 0.3 is 0 Å². The van der Waals surface area contributed by atoms with Gasteiger partial charge in [0.1, 0.15) is 5.82 Å². The van der Waals surface area contributed by atoms with Gasteiger partial charge in [-0.3, -0.25) is 0 Å². The minimum atomic E-state index is -0.193. The van der Waals surface area contributed by atoms with Gasteiger partial charge in [-0.05, 0) is 69.7 Å². The number of fused-ring (bicyclic) bond motifs is 1. The molecule has 3 aromatic rings. The molecule has 0 N–H and O–H groups in total. The minimum absolute atomic E-state index is 0. The lowest BCUT2D eigenvalue weighted by molar-refractivity contribution is -0.455. The Labute approximate surface area is 228 Å². The molecule has 34 heavy (non-hydrogen) atoms. The monoisotopic (exact) mass is 632 g/mol. The Morgan fingerprint density at radius 2 is 1.62 bits per heavy atom. The van der Waals surface area contributed by atoms with E-state index in [2.05, 4.69) is 114 Å². The van der Waals surface area contributed by atoms with Crippen LogP contribution in [-0.2, 0) is 12.0 Å². The number of hydrogen-bond acceptors (Lipinski definition) is 1. The molecule has 0 aliphatic carbocycles. The van der Waals surface area contributed by atoms with Crippen molar-refractivity contribution >= 4 is 39.1 Å². The van der Waals surface area contributed by atoms with Gasteiger partial charge in [0, 0.05) is 41.0 Å². The second kappa shape index (κ2) is 11.2. The van der Waals surface area contributed by atoms with Crippen LogP contribution in [0, 0.1) is 5.82 Å². The fourth-order valence-electron chi connectivity index (χ4n) is 4.69. The lowest BCUT2D eigenvalue weighted by Gasteiger charge is -2.20. The first kappa shape index (κ1) is 26.6. The zero-order valence-electron chi connectivity index (χ0n) is 20.2. The Morgan fingerprint density at radius 1 is 0.941 bits per heavy atom. The molecule has 0 amide bonds. The minimum Gasteiger partial charge on any atom is -1.00 e. The van der Waals surface area contributed by atoms with Crippen molar-refractivity contribution in [1.29, 1.82) is 0 Å². The number of para-hydroxylation sites is 1. The molecule has 1 heterocycles. The highest BCUT2D eigenvalue weighted by molar-refractivity contribution is 9.10. The summed E-state index contributed by atoms with van der Waals surface area (Å²) in [6.07, 6.45) is 4.36. The van der Waals surface area contributed by atoms with Gasteiger partial charge in [-0.1, -0.05) is 46.3 Å². The lowest BCUT2D eigenvalue weighted by Crippen LogP contribution is -3.00. The average molecular weight is 633 g/mol. The van der Waals surface area contributed by atoms with E-state index < -0.39 is 0 Å². The zero-order valence-corrected chi connectivity index (χ0v) is 23.9. The van der Waals surface area contributed by atoms with Crippen LogP contribution in [0.25, 0.3) is 6.08 Å². The van der Waals surface area contributed by atoms with E-state index in [4.69, 9.17) is 0 Å². The number of benzene rings is 3. The highest BCUT2D eigenvalue weighted by Crippen LogP contribution is 2.40. The maximum absolute atomic E-state index is 14.7. The summed E-state index contributed by atoms with van der Waals surface area (Å²) in [4.78, 5) is 2.34. The third kappa shape index (κ3) is 5.30. The molecule has 0 bridgehead atoms. The van der Waals surface area contributed by atoms with Gasteiger partial charge in [0.15, 0.2) is 12.3 Å². The van der Waals surface area contributed by atoms with E-state index in [1.54, 1.807) is 0 Å². The van der Waals surface area contributed by atoms with E-state index in [1.807, 2.05) is 12.1 Å². The molecule has 0 saturated carbocycles. The van der Waals surface area contributed by atoms with E-state index in [9.17, 15) is 4.39 Å². The van der Waals surface area contributed by atoms with E-state index in [1.165, 1.54) is 23.0 Å². The van der Waals surface area contributed by atoms with E-state index in [0.29, 0.717) is 12.1 Å². The Kier molecular flexibility index (Phi) is 8.74. The standard InChI is InChI=1S/C29H31BrFN2.HI/c1-5-32(6-2)24-16-11-21(12-17-24)13-18-28-29(3,4)25-9-7-8-10-27(25)33(28)20-22-14-15-23(30)19-26(22)31;/h7-19H,5-6,20H2,1-4H3;1H/q+1;/p-1. The molecule has 1 aliphatic heterocycles. The van der Waals surface area contributed by atoms with Crippen molar-refractivity contribution in [3.63, 3.8) is 0 Å². The molecule has 0 fully saturated rings. The maximum atomic E-state index is 14.7. The molecule has 0 unspecified atom stereocenters. The molecule has 0 radical (unpaired) electrons. The molecule has 5 heteroatoms. The van der Waals surface area contributed by atoms with Crippen LogP contribution in [0.15, 0.2) is 77.3 Å². The van der Waals surface area contributed by atoms with Crippen molar-refractivity contribution < 1.29 is 32.9 Å². The van der Waals surface area contributed by atoms with Crippen LogP contribution in [0.2, 0.25) is 0 Å². The number of halogens is 3. The molecule has 0 aromatic heterocycles. The van der Waals surface area contributed by atoms with Gasteiger partial charge in [-0.25, -0.2) is 4.39 Å². The van der Waals surface area contributed by atoms with Gasteiger partial charge < -0.3 is 28.9 Å². The van der Waals surface area contributed by atoms with Crippen LogP contribution in [0.5, 0.6) is 0 Å². The normalized spacial score (nSPS) is 14.3. The predicted molar refractivity (Wildman–Crippen MR) is 141 cm³/mol. The number of rotatable bonds is 7. The third-order valence-corrected chi connectivity index (χ3v) is 7.09. The Balaban J connectivity index is 0.00000324. The molecule has 2 nitrogen and oxygen atoms in total. The Bertz CT molecular complexity index is 1210.